The van der Waals surface area contributed by atoms with Gasteiger partial charge in [0.2, 0.25) is 0 Å². The molecule has 14 heavy (non-hydrogen) atoms. The molecule has 0 saturated carbocycles. The molecule has 0 aliphatic rings. The van der Waals surface area contributed by atoms with Crippen molar-refractivity contribution in [3.05, 3.63) is 41.7 Å². The van der Waals surface area contributed by atoms with E-state index in [1.54, 1.807) is 0 Å². The third kappa shape index (κ3) is 1.60. The summed E-state index contributed by atoms with van der Waals surface area (Å²) in [5.74, 6) is 0. The molecule has 0 bridgehead atoms. The highest BCUT2D eigenvalue weighted by Crippen LogP contribution is 2.17. The van der Waals surface area contributed by atoms with Crippen LogP contribution in [0.3, 0.4) is 0 Å². The summed E-state index contributed by atoms with van der Waals surface area (Å²) in [5, 5.41) is 10.9. The summed E-state index contributed by atoms with van der Waals surface area (Å²) >= 11 is 0. The maximum atomic E-state index is 8.60. The van der Waals surface area contributed by atoms with Gasteiger partial charge in [-0.1, -0.05) is 12.1 Å². The van der Waals surface area contributed by atoms with E-state index in [-0.39, 0.29) is 0 Å². The number of hydroxylamine groups is 1. The van der Waals surface area contributed by atoms with Crippen molar-refractivity contribution in [2.75, 3.05) is 0 Å². The second-order valence-electron chi connectivity index (χ2n) is 3.29. The fourth-order valence-electron chi connectivity index (χ4n) is 1.56. The first-order chi connectivity index (χ1) is 6.81. The lowest BCUT2D eigenvalue weighted by Crippen LogP contribution is -2.05. The molecule has 3 nitrogen and oxygen atoms in total. The lowest BCUT2D eigenvalue weighted by molar-refractivity contribution is 0.161. The molecule has 1 aromatic carbocycles. The van der Waals surface area contributed by atoms with Gasteiger partial charge >= 0.3 is 0 Å². The summed E-state index contributed by atoms with van der Waals surface area (Å²) in [6.07, 6.45) is 1.81. The van der Waals surface area contributed by atoms with Gasteiger partial charge in [0, 0.05) is 23.8 Å². The zero-order chi connectivity index (χ0) is 9.97. The van der Waals surface area contributed by atoms with Crippen LogP contribution in [0.4, 0.5) is 0 Å². The molecule has 72 valence electrons. The molecule has 0 unspecified atom stereocenters. The number of fused-ring (bicyclic) bond motifs is 1. The fraction of sp³-hybridized carbons (Fsp3) is 0.182. The van der Waals surface area contributed by atoms with E-state index in [2.05, 4.69) is 10.5 Å². The summed E-state index contributed by atoms with van der Waals surface area (Å²) in [4.78, 5) is 4.23. The van der Waals surface area contributed by atoms with Crippen LogP contribution in [0.1, 0.15) is 11.3 Å². The van der Waals surface area contributed by atoms with Crippen molar-refractivity contribution in [2.24, 2.45) is 0 Å². The number of aryl methyl sites for hydroxylation is 1. The maximum absolute atomic E-state index is 8.60. The van der Waals surface area contributed by atoms with Crippen LogP contribution in [0.2, 0.25) is 0 Å². The third-order valence-electron chi connectivity index (χ3n) is 2.31. The highest BCUT2D eigenvalue weighted by Gasteiger charge is 1.99. The molecule has 3 heteroatoms. The largest absolute Gasteiger partial charge is 0.316 e. The predicted octanol–water partition coefficient (Wildman–Crippen LogP) is 2.02. The number of hydrogen-bond acceptors (Lipinski definition) is 3. The van der Waals surface area contributed by atoms with Crippen LogP contribution in [0, 0.1) is 6.92 Å². The molecule has 0 amide bonds. The Hall–Kier alpha value is -1.45. The van der Waals surface area contributed by atoms with Gasteiger partial charge in [0.1, 0.15) is 0 Å². The number of benzene rings is 1. The smallest absolute Gasteiger partial charge is 0.0458 e. The topological polar surface area (TPSA) is 45.2 Å². The van der Waals surface area contributed by atoms with Crippen molar-refractivity contribution in [1.82, 2.24) is 10.5 Å². The summed E-state index contributed by atoms with van der Waals surface area (Å²) in [6.45, 7) is 2.45. The Balaban J connectivity index is 2.58. The molecule has 2 aromatic rings. The highest BCUT2D eigenvalue weighted by molar-refractivity contribution is 5.84. The Morgan fingerprint density at radius 1 is 1.36 bits per heavy atom. The molecule has 0 radical (unpaired) electrons. The van der Waals surface area contributed by atoms with Gasteiger partial charge in [-0.3, -0.25) is 4.98 Å². The monoisotopic (exact) mass is 188 g/mol. The predicted molar refractivity (Wildman–Crippen MR) is 55.1 cm³/mol. The summed E-state index contributed by atoms with van der Waals surface area (Å²) < 4.78 is 0. The van der Waals surface area contributed by atoms with Crippen molar-refractivity contribution >= 4 is 10.8 Å². The molecule has 0 atom stereocenters. The molecule has 0 aliphatic heterocycles. The fourth-order valence-corrected chi connectivity index (χ4v) is 1.56. The van der Waals surface area contributed by atoms with E-state index < -0.39 is 0 Å². The number of nitrogens with one attached hydrogen (secondary N) is 1. The first-order valence-electron chi connectivity index (χ1n) is 4.52. The molecule has 0 aliphatic carbocycles. The molecular formula is C11H12N2O. The van der Waals surface area contributed by atoms with Crippen LogP contribution in [0.5, 0.6) is 0 Å². The molecule has 0 spiro atoms. The van der Waals surface area contributed by atoms with Gasteiger partial charge in [0.25, 0.3) is 0 Å². The summed E-state index contributed by atoms with van der Waals surface area (Å²) in [5.41, 5.74) is 4.22. The number of aromatic nitrogens is 1. The lowest BCUT2D eigenvalue weighted by atomic mass is 10.1. The Bertz CT molecular complexity index is 454. The number of hydrogen-bond donors (Lipinski definition) is 2. The summed E-state index contributed by atoms with van der Waals surface area (Å²) in [6, 6.07) is 8.06. The van der Waals surface area contributed by atoms with Crippen LogP contribution >= 0.6 is 0 Å². The van der Waals surface area contributed by atoms with Gasteiger partial charge in [0.15, 0.2) is 0 Å². The van der Waals surface area contributed by atoms with E-state index in [4.69, 9.17) is 5.21 Å². The molecule has 1 heterocycles. The van der Waals surface area contributed by atoms with Crippen molar-refractivity contribution in [2.45, 2.75) is 13.5 Å². The second-order valence-corrected chi connectivity index (χ2v) is 3.29. The van der Waals surface area contributed by atoms with Crippen molar-refractivity contribution in [1.29, 1.82) is 0 Å². The van der Waals surface area contributed by atoms with Crippen molar-refractivity contribution in [3.63, 3.8) is 0 Å². The summed E-state index contributed by atoms with van der Waals surface area (Å²) in [7, 11) is 0. The van der Waals surface area contributed by atoms with Gasteiger partial charge in [-0.2, -0.15) is 0 Å². The van der Waals surface area contributed by atoms with Crippen LogP contribution in [0.15, 0.2) is 30.5 Å². The normalized spacial score (nSPS) is 10.7. The molecule has 2 rings (SSSR count). The standard InChI is InChI=1S/C11H12N2O/c1-8-11-6-9(7-13-14)2-3-10(11)4-5-12-8/h2-6,13-14H,7H2,1H3. The second kappa shape index (κ2) is 3.74. The average molecular weight is 188 g/mol. The Labute approximate surface area is 82.4 Å². The minimum atomic E-state index is 0.463. The van der Waals surface area contributed by atoms with Gasteiger partial charge in [0.05, 0.1) is 0 Å². The first-order valence-corrected chi connectivity index (χ1v) is 4.52. The van der Waals surface area contributed by atoms with Gasteiger partial charge < -0.3 is 5.21 Å². The van der Waals surface area contributed by atoms with Gasteiger partial charge in [-0.15, -0.1) is 0 Å². The SMILES string of the molecule is Cc1nccc2ccc(CNO)cc12. The Kier molecular flexibility index (Phi) is 2.43. The van der Waals surface area contributed by atoms with Crippen LogP contribution in [-0.2, 0) is 6.54 Å². The Morgan fingerprint density at radius 3 is 3.00 bits per heavy atom. The van der Waals surface area contributed by atoms with Crippen molar-refractivity contribution in [3.8, 4) is 0 Å². The number of nitrogens with zero attached hydrogens (tertiary/aromatic N) is 1. The van der Waals surface area contributed by atoms with Gasteiger partial charge in [-0.05, 0) is 30.0 Å². The minimum Gasteiger partial charge on any atom is -0.316 e. The van der Waals surface area contributed by atoms with E-state index in [1.165, 1.54) is 5.39 Å². The average Bonchev–Trinajstić information content (AvgIpc) is 2.20. The Morgan fingerprint density at radius 2 is 2.21 bits per heavy atom. The van der Waals surface area contributed by atoms with E-state index in [1.807, 2.05) is 37.4 Å². The minimum absolute atomic E-state index is 0.463. The van der Waals surface area contributed by atoms with Gasteiger partial charge in [-0.25, -0.2) is 5.48 Å². The lowest BCUT2D eigenvalue weighted by Gasteiger charge is -2.04. The van der Waals surface area contributed by atoms with Crippen molar-refractivity contribution < 1.29 is 5.21 Å². The zero-order valence-electron chi connectivity index (χ0n) is 7.99. The van der Waals surface area contributed by atoms with E-state index in [9.17, 15) is 0 Å². The van der Waals surface area contributed by atoms with Crippen LogP contribution in [0.25, 0.3) is 10.8 Å². The van der Waals surface area contributed by atoms with Crippen LogP contribution in [-0.4, -0.2) is 10.2 Å². The molecule has 1 aromatic heterocycles. The highest BCUT2D eigenvalue weighted by atomic mass is 16.5. The first kappa shape index (κ1) is 9.12. The van der Waals surface area contributed by atoms with Crippen LogP contribution < -0.4 is 5.48 Å². The number of rotatable bonds is 2. The van der Waals surface area contributed by atoms with E-state index in [0.717, 1.165) is 16.6 Å². The quantitative estimate of drug-likeness (QED) is 0.709. The third-order valence-corrected chi connectivity index (χ3v) is 2.31. The zero-order valence-corrected chi connectivity index (χ0v) is 7.99. The number of pyridine rings is 1. The van der Waals surface area contributed by atoms with E-state index in [0.29, 0.717) is 6.54 Å². The van der Waals surface area contributed by atoms with E-state index >= 15 is 0 Å². The molecular weight excluding hydrogens is 176 g/mol. The molecule has 0 fully saturated rings. The molecule has 2 N–H and O–H groups in total. The maximum Gasteiger partial charge on any atom is 0.0458 e. The molecule has 0 saturated heterocycles.